The van der Waals surface area contributed by atoms with E-state index in [1.807, 2.05) is 18.3 Å². The average molecular weight is 340 g/mol. The molecule has 1 atom stereocenters. The van der Waals surface area contributed by atoms with Crippen LogP contribution in [0.2, 0.25) is 0 Å². The molecule has 25 heavy (non-hydrogen) atoms. The van der Waals surface area contributed by atoms with Gasteiger partial charge in [0.25, 0.3) is 0 Å². The highest BCUT2D eigenvalue weighted by molar-refractivity contribution is 5.66. The molecule has 2 aromatic rings. The lowest BCUT2D eigenvalue weighted by atomic mass is 10.1. The zero-order valence-corrected chi connectivity index (χ0v) is 14.3. The molecule has 0 spiro atoms. The van der Waals surface area contributed by atoms with Crippen LogP contribution in [0.1, 0.15) is 24.8 Å². The first-order chi connectivity index (χ1) is 12.4. The van der Waals surface area contributed by atoms with Crippen molar-refractivity contribution < 1.29 is 9.47 Å². The van der Waals surface area contributed by atoms with Crippen LogP contribution in [-0.2, 0) is 6.54 Å². The van der Waals surface area contributed by atoms with E-state index in [4.69, 9.17) is 9.47 Å². The molecule has 5 rings (SSSR count). The van der Waals surface area contributed by atoms with Gasteiger partial charge in [-0.1, -0.05) is 0 Å². The maximum Gasteiger partial charge on any atom is 0.231 e. The summed E-state index contributed by atoms with van der Waals surface area (Å²) in [5.41, 5.74) is 3.33. The Balaban J connectivity index is 1.20. The fourth-order valence-corrected chi connectivity index (χ4v) is 3.96. The topological polar surface area (TPSA) is 62.4 Å². The molecule has 1 saturated carbocycles. The molecule has 0 bridgehead atoms. The molecule has 0 radical (unpaired) electrons. The monoisotopic (exact) mass is 340 g/mol. The van der Waals surface area contributed by atoms with Crippen molar-refractivity contribution in [1.82, 2.24) is 20.4 Å². The molecule has 6 nitrogen and oxygen atoms in total. The number of rotatable bonds is 6. The first-order valence-electron chi connectivity index (χ1n) is 9.24. The second kappa shape index (κ2) is 6.35. The van der Waals surface area contributed by atoms with Crippen molar-refractivity contribution >= 4 is 0 Å². The molecule has 2 aliphatic heterocycles. The Morgan fingerprint density at radius 1 is 1.20 bits per heavy atom. The van der Waals surface area contributed by atoms with Gasteiger partial charge in [0.2, 0.25) is 6.79 Å². The van der Waals surface area contributed by atoms with Crippen LogP contribution in [0.4, 0.5) is 0 Å². The number of fused-ring (bicyclic) bond motifs is 1. The normalized spacial score (nSPS) is 22.6. The molecule has 1 aromatic carbocycles. The molecule has 132 valence electrons. The molecular weight excluding hydrogens is 316 g/mol. The van der Waals surface area contributed by atoms with Gasteiger partial charge in [-0.05, 0) is 56.5 Å². The smallest absolute Gasteiger partial charge is 0.231 e. The van der Waals surface area contributed by atoms with E-state index in [-0.39, 0.29) is 0 Å². The van der Waals surface area contributed by atoms with Gasteiger partial charge < -0.3 is 19.7 Å². The summed E-state index contributed by atoms with van der Waals surface area (Å²) < 4.78 is 10.9. The Kier molecular flexibility index (Phi) is 3.87. The lowest BCUT2D eigenvalue weighted by Crippen LogP contribution is -2.27. The number of aromatic nitrogens is 2. The molecule has 3 aliphatic rings. The molecule has 1 aromatic heterocycles. The quantitative estimate of drug-likeness (QED) is 0.845. The minimum atomic E-state index is 0.301. The Bertz CT molecular complexity index is 756. The molecule has 2 N–H and O–H groups in total. The maximum absolute atomic E-state index is 5.48. The highest BCUT2D eigenvalue weighted by Crippen LogP contribution is 2.36. The van der Waals surface area contributed by atoms with Gasteiger partial charge in [-0.2, -0.15) is 5.10 Å². The van der Waals surface area contributed by atoms with Crippen molar-refractivity contribution in [3.63, 3.8) is 0 Å². The number of nitrogens with zero attached hydrogens (tertiary/aromatic N) is 2. The van der Waals surface area contributed by atoms with E-state index in [0.29, 0.717) is 6.79 Å². The summed E-state index contributed by atoms with van der Waals surface area (Å²) in [7, 11) is 0. The van der Waals surface area contributed by atoms with Crippen molar-refractivity contribution in [3.8, 4) is 22.8 Å². The summed E-state index contributed by atoms with van der Waals surface area (Å²) in [6.45, 7) is 4.76. The van der Waals surface area contributed by atoms with Gasteiger partial charge in [-0.25, -0.2) is 0 Å². The highest BCUT2D eigenvalue weighted by Gasteiger charge is 2.34. The SMILES string of the molecule is c1cc2c(cc1-c1[nH]ncc1CNC[C@@H]1CCN(C3CC3)C1)OCO2. The van der Waals surface area contributed by atoms with Crippen LogP contribution in [0.15, 0.2) is 24.4 Å². The number of H-pyrrole nitrogens is 1. The van der Waals surface area contributed by atoms with E-state index in [9.17, 15) is 0 Å². The number of benzene rings is 1. The minimum absolute atomic E-state index is 0.301. The average Bonchev–Trinajstić information content (AvgIpc) is 3.04. The summed E-state index contributed by atoms with van der Waals surface area (Å²) in [6.07, 6.45) is 6.06. The van der Waals surface area contributed by atoms with Crippen LogP contribution < -0.4 is 14.8 Å². The molecule has 0 unspecified atom stereocenters. The van der Waals surface area contributed by atoms with Gasteiger partial charge >= 0.3 is 0 Å². The van der Waals surface area contributed by atoms with Crippen LogP contribution in [0.3, 0.4) is 0 Å². The second-order valence-electron chi connectivity index (χ2n) is 7.35. The highest BCUT2D eigenvalue weighted by atomic mass is 16.7. The zero-order valence-electron chi connectivity index (χ0n) is 14.3. The molecule has 1 aliphatic carbocycles. The van der Waals surface area contributed by atoms with E-state index in [1.165, 1.54) is 37.9 Å². The van der Waals surface area contributed by atoms with Crippen molar-refractivity contribution in [3.05, 3.63) is 30.0 Å². The van der Waals surface area contributed by atoms with Crippen molar-refractivity contribution in [2.24, 2.45) is 5.92 Å². The Morgan fingerprint density at radius 3 is 3.04 bits per heavy atom. The third-order valence-electron chi connectivity index (χ3n) is 5.51. The van der Waals surface area contributed by atoms with Crippen LogP contribution in [0.25, 0.3) is 11.3 Å². The van der Waals surface area contributed by atoms with Gasteiger partial charge in [-0.15, -0.1) is 0 Å². The van der Waals surface area contributed by atoms with Crippen LogP contribution in [0, 0.1) is 5.92 Å². The maximum atomic E-state index is 5.48. The fourth-order valence-electron chi connectivity index (χ4n) is 3.96. The Hall–Kier alpha value is -2.05. The molecule has 2 fully saturated rings. The van der Waals surface area contributed by atoms with Crippen molar-refractivity contribution in [1.29, 1.82) is 0 Å². The lowest BCUT2D eigenvalue weighted by molar-refractivity contribution is 0.174. The number of ether oxygens (including phenoxy) is 2. The Labute approximate surface area is 147 Å². The molecule has 3 heterocycles. The lowest BCUT2D eigenvalue weighted by Gasteiger charge is -2.15. The number of nitrogens with one attached hydrogen (secondary N) is 2. The fraction of sp³-hybridized carbons (Fsp3) is 0.526. The number of aromatic amines is 1. The number of hydrogen-bond acceptors (Lipinski definition) is 5. The summed E-state index contributed by atoms with van der Waals surface area (Å²) in [5.74, 6) is 2.39. The van der Waals surface area contributed by atoms with E-state index < -0.39 is 0 Å². The van der Waals surface area contributed by atoms with Gasteiger partial charge in [-0.3, -0.25) is 5.10 Å². The van der Waals surface area contributed by atoms with Gasteiger partial charge in [0.05, 0.1) is 11.9 Å². The van der Waals surface area contributed by atoms with Gasteiger partial charge in [0.15, 0.2) is 11.5 Å². The Morgan fingerprint density at radius 2 is 2.12 bits per heavy atom. The standard InChI is InChI=1S/C19H24N4O2/c1-4-17-18(25-12-24-17)7-14(1)19-15(10-21-22-19)9-20-8-13-5-6-23(11-13)16-2-3-16/h1,4,7,10,13,16,20H,2-3,5-6,8-9,11-12H2,(H,21,22)/t13-/m0/s1. The largest absolute Gasteiger partial charge is 0.454 e. The third kappa shape index (κ3) is 3.12. The summed E-state index contributed by atoms with van der Waals surface area (Å²) >= 11 is 0. The van der Waals surface area contributed by atoms with Crippen LogP contribution in [0.5, 0.6) is 11.5 Å². The second-order valence-corrected chi connectivity index (χ2v) is 7.35. The molecule has 0 amide bonds. The van der Waals surface area contributed by atoms with E-state index in [1.54, 1.807) is 0 Å². The predicted octanol–water partition coefficient (Wildman–Crippen LogP) is 2.38. The number of likely N-dealkylation sites (tertiary alicyclic amines) is 1. The van der Waals surface area contributed by atoms with Crippen molar-refractivity contribution in [2.75, 3.05) is 26.4 Å². The molecule has 1 saturated heterocycles. The van der Waals surface area contributed by atoms with Crippen LogP contribution >= 0.6 is 0 Å². The van der Waals surface area contributed by atoms with E-state index in [2.05, 4.69) is 26.5 Å². The first-order valence-corrected chi connectivity index (χ1v) is 9.24. The van der Waals surface area contributed by atoms with Crippen LogP contribution in [-0.4, -0.2) is 47.6 Å². The van der Waals surface area contributed by atoms with Gasteiger partial charge in [0, 0.05) is 30.3 Å². The number of hydrogen-bond donors (Lipinski definition) is 2. The summed E-state index contributed by atoms with van der Waals surface area (Å²) in [5, 5.41) is 11.0. The predicted molar refractivity (Wildman–Crippen MR) is 94.6 cm³/mol. The summed E-state index contributed by atoms with van der Waals surface area (Å²) in [6, 6.07) is 6.93. The molecular formula is C19H24N4O2. The van der Waals surface area contributed by atoms with Gasteiger partial charge in [0.1, 0.15) is 0 Å². The molecule has 6 heteroatoms. The van der Waals surface area contributed by atoms with E-state index >= 15 is 0 Å². The van der Waals surface area contributed by atoms with Crippen molar-refractivity contribution in [2.45, 2.75) is 31.8 Å². The first kappa shape index (κ1) is 15.2. The minimum Gasteiger partial charge on any atom is -0.454 e. The summed E-state index contributed by atoms with van der Waals surface area (Å²) in [4.78, 5) is 2.67. The van der Waals surface area contributed by atoms with E-state index in [0.717, 1.165) is 47.8 Å². The third-order valence-corrected chi connectivity index (χ3v) is 5.51. The zero-order chi connectivity index (χ0) is 16.6.